The topological polar surface area (TPSA) is 84.2 Å². The summed E-state index contributed by atoms with van der Waals surface area (Å²) >= 11 is 0. The van der Waals surface area contributed by atoms with Crippen molar-refractivity contribution >= 4 is 10.0 Å². The Balaban J connectivity index is 1.73. The standard InChI is InChI=1S/C23H31F2N3O2S/c1-3-15-7-8-17-5-4-6-22(20(17)11-15)27-14-21(26)23(28-31(2,29)30)12-16-9-18(24)13-19(25)10-16/h7-11,13,21-23,27-28H,3-6,12,14,26H2,1-2H3/t21-,22-,23-/m0/s1. The number of hydrogen-bond acceptors (Lipinski definition) is 4. The number of rotatable bonds is 9. The molecular formula is C23H31F2N3O2S. The summed E-state index contributed by atoms with van der Waals surface area (Å²) in [5.41, 5.74) is 10.6. The third kappa shape index (κ3) is 6.80. The van der Waals surface area contributed by atoms with Crippen molar-refractivity contribution in [3.05, 3.63) is 70.3 Å². The van der Waals surface area contributed by atoms with Gasteiger partial charge in [0.2, 0.25) is 10.0 Å². The highest BCUT2D eigenvalue weighted by Gasteiger charge is 2.25. The molecule has 1 aliphatic carbocycles. The number of sulfonamides is 1. The van der Waals surface area contributed by atoms with Crippen molar-refractivity contribution in [2.75, 3.05) is 12.8 Å². The van der Waals surface area contributed by atoms with Gasteiger partial charge in [0.1, 0.15) is 11.6 Å². The van der Waals surface area contributed by atoms with E-state index in [1.165, 1.54) is 28.8 Å². The number of fused-ring (bicyclic) bond motifs is 1. The van der Waals surface area contributed by atoms with Gasteiger partial charge in [-0.25, -0.2) is 21.9 Å². The highest BCUT2D eigenvalue weighted by molar-refractivity contribution is 7.88. The lowest BCUT2D eigenvalue weighted by Gasteiger charge is -2.30. The van der Waals surface area contributed by atoms with Crippen molar-refractivity contribution in [2.24, 2.45) is 5.73 Å². The lowest BCUT2D eigenvalue weighted by Crippen LogP contribution is -2.53. The smallest absolute Gasteiger partial charge is 0.209 e. The van der Waals surface area contributed by atoms with Gasteiger partial charge in [-0.2, -0.15) is 0 Å². The first-order valence-electron chi connectivity index (χ1n) is 10.7. The molecule has 0 bridgehead atoms. The van der Waals surface area contributed by atoms with Gasteiger partial charge in [0.25, 0.3) is 0 Å². The Morgan fingerprint density at radius 1 is 1.13 bits per heavy atom. The van der Waals surface area contributed by atoms with Crippen LogP contribution in [0.25, 0.3) is 0 Å². The Kier molecular flexibility index (Phi) is 7.80. The van der Waals surface area contributed by atoms with Crippen LogP contribution in [0, 0.1) is 11.6 Å². The first-order chi connectivity index (χ1) is 14.6. The van der Waals surface area contributed by atoms with Crippen LogP contribution in [-0.2, 0) is 29.3 Å². The molecule has 0 fully saturated rings. The maximum atomic E-state index is 13.6. The van der Waals surface area contributed by atoms with E-state index in [-0.39, 0.29) is 12.5 Å². The van der Waals surface area contributed by atoms with E-state index in [2.05, 4.69) is 35.2 Å². The van der Waals surface area contributed by atoms with Gasteiger partial charge in [0, 0.05) is 30.7 Å². The van der Waals surface area contributed by atoms with Crippen LogP contribution in [0.5, 0.6) is 0 Å². The van der Waals surface area contributed by atoms with Crippen LogP contribution in [0.3, 0.4) is 0 Å². The van der Waals surface area contributed by atoms with E-state index in [0.717, 1.165) is 38.0 Å². The zero-order valence-electron chi connectivity index (χ0n) is 18.0. The Hall–Kier alpha value is -1.87. The highest BCUT2D eigenvalue weighted by Crippen LogP contribution is 2.30. The summed E-state index contributed by atoms with van der Waals surface area (Å²) in [5.74, 6) is -1.41. The summed E-state index contributed by atoms with van der Waals surface area (Å²) in [7, 11) is -3.55. The summed E-state index contributed by atoms with van der Waals surface area (Å²) in [6.07, 6.45) is 5.20. The van der Waals surface area contributed by atoms with E-state index in [9.17, 15) is 17.2 Å². The van der Waals surface area contributed by atoms with E-state index in [0.29, 0.717) is 12.1 Å². The third-order valence-corrected chi connectivity index (χ3v) is 6.52. The molecular weight excluding hydrogens is 420 g/mol. The van der Waals surface area contributed by atoms with Crippen LogP contribution in [-0.4, -0.2) is 33.3 Å². The second kappa shape index (κ2) is 10.2. The first kappa shape index (κ1) is 23.8. The molecule has 0 spiro atoms. The van der Waals surface area contributed by atoms with Crippen molar-refractivity contribution in [1.82, 2.24) is 10.0 Å². The van der Waals surface area contributed by atoms with Gasteiger partial charge in [-0.1, -0.05) is 25.1 Å². The minimum Gasteiger partial charge on any atom is -0.325 e. The van der Waals surface area contributed by atoms with Gasteiger partial charge in [-0.05, 0) is 66.5 Å². The summed E-state index contributed by atoms with van der Waals surface area (Å²) in [6.45, 7) is 2.49. The lowest BCUT2D eigenvalue weighted by molar-refractivity contribution is 0.398. The maximum Gasteiger partial charge on any atom is 0.209 e. The minimum absolute atomic E-state index is 0.0891. The molecule has 2 aromatic rings. The van der Waals surface area contributed by atoms with E-state index >= 15 is 0 Å². The molecule has 3 atom stereocenters. The number of nitrogens with one attached hydrogen (secondary N) is 2. The van der Waals surface area contributed by atoms with E-state index < -0.39 is 33.7 Å². The SMILES string of the molecule is CCc1ccc2c(c1)[C@@H](NC[C@H](N)[C@H](Cc1cc(F)cc(F)c1)NS(C)(=O)=O)CCC2. The minimum atomic E-state index is -3.55. The lowest BCUT2D eigenvalue weighted by atomic mass is 9.86. The van der Waals surface area contributed by atoms with Crippen molar-refractivity contribution < 1.29 is 17.2 Å². The van der Waals surface area contributed by atoms with Crippen LogP contribution in [0.1, 0.15) is 48.1 Å². The van der Waals surface area contributed by atoms with Crippen LogP contribution in [0.4, 0.5) is 8.78 Å². The molecule has 0 unspecified atom stereocenters. The number of halogens is 2. The molecule has 0 aliphatic heterocycles. The molecule has 0 saturated carbocycles. The zero-order chi connectivity index (χ0) is 22.6. The van der Waals surface area contributed by atoms with Gasteiger partial charge in [-0.3, -0.25) is 0 Å². The van der Waals surface area contributed by atoms with Crippen molar-refractivity contribution in [2.45, 2.75) is 57.2 Å². The predicted octanol–water partition coefficient (Wildman–Crippen LogP) is 2.98. The van der Waals surface area contributed by atoms with Gasteiger partial charge >= 0.3 is 0 Å². The van der Waals surface area contributed by atoms with Crippen LogP contribution in [0.2, 0.25) is 0 Å². The Bertz CT molecular complexity index is 994. The number of benzene rings is 2. The number of nitrogens with two attached hydrogens (primary N) is 1. The average molecular weight is 452 g/mol. The van der Waals surface area contributed by atoms with Crippen molar-refractivity contribution in [3.63, 3.8) is 0 Å². The molecule has 0 aromatic heterocycles. The average Bonchev–Trinajstić information content (AvgIpc) is 2.69. The van der Waals surface area contributed by atoms with Crippen molar-refractivity contribution in [1.29, 1.82) is 0 Å². The first-order valence-corrected chi connectivity index (χ1v) is 12.6. The van der Waals surface area contributed by atoms with Gasteiger partial charge < -0.3 is 11.1 Å². The Morgan fingerprint density at radius 3 is 2.48 bits per heavy atom. The molecule has 2 aromatic carbocycles. The number of hydrogen-bond donors (Lipinski definition) is 3. The monoisotopic (exact) mass is 451 g/mol. The second-order valence-electron chi connectivity index (χ2n) is 8.38. The van der Waals surface area contributed by atoms with Crippen molar-refractivity contribution in [3.8, 4) is 0 Å². The fourth-order valence-electron chi connectivity index (χ4n) is 4.24. The van der Waals surface area contributed by atoms with Crippen LogP contribution < -0.4 is 15.8 Å². The molecule has 0 heterocycles. The summed E-state index contributed by atoms with van der Waals surface area (Å²) in [5, 5.41) is 3.50. The highest BCUT2D eigenvalue weighted by atomic mass is 32.2. The van der Waals surface area contributed by atoms with E-state index in [1.807, 2.05) is 0 Å². The summed E-state index contributed by atoms with van der Waals surface area (Å²) in [4.78, 5) is 0. The summed E-state index contributed by atoms with van der Waals surface area (Å²) < 4.78 is 53.5. The Morgan fingerprint density at radius 2 is 1.84 bits per heavy atom. The maximum absolute atomic E-state index is 13.6. The van der Waals surface area contributed by atoms with E-state index in [1.54, 1.807) is 0 Å². The molecule has 31 heavy (non-hydrogen) atoms. The normalized spacial score (nSPS) is 18.4. The third-order valence-electron chi connectivity index (χ3n) is 5.79. The molecule has 4 N–H and O–H groups in total. The fraction of sp³-hybridized carbons (Fsp3) is 0.478. The van der Waals surface area contributed by atoms with Gasteiger partial charge in [0.15, 0.2) is 0 Å². The van der Waals surface area contributed by atoms with Gasteiger partial charge in [0.05, 0.1) is 6.26 Å². The Labute approximate surface area is 183 Å². The zero-order valence-corrected chi connectivity index (χ0v) is 18.8. The molecule has 170 valence electrons. The molecule has 0 radical (unpaired) electrons. The molecule has 1 aliphatic rings. The second-order valence-corrected chi connectivity index (χ2v) is 10.2. The molecule has 8 heteroatoms. The quantitative estimate of drug-likeness (QED) is 0.547. The van der Waals surface area contributed by atoms with E-state index in [4.69, 9.17) is 5.73 Å². The molecule has 0 amide bonds. The van der Waals surface area contributed by atoms with Crippen LogP contribution >= 0.6 is 0 Å². The largest absolute Gasteiger partial charge is 0.325 e. The molecule has 3 rings (SSSR count). The number of aryl methyl sites for hydroxylation is 2. The molecule has 0 saturated heterocycles. The summed E-state index contributed by atoms with van der Waals surface area (Å²) in [6, 6.07) is 8.63. The van der Waals surface area contributed by atoms with Crippen LogP contribution in [0.15, 0.2) is 36.4 Å². The molecule has 5 nitrogen and oxygen atoms in total. The predicted molar refractivity (Wildman–Crippen MR) is 119 cm³/mol. The van der Waals surface area contributed by atoms with Gasteiger partial charge in [-0.15, -0.1) is 0 Å². The fourth-order valence-corrected chi connectivity index (χ4v) is 5.05.